The van der Waals surface area contributed by atoms with E-state index in [4.69, 9.17) is 4.52 Å². The molecular weight excluding hydrogens is 321 g/mol. The first kappa shape index (κ1) is 16.1. The highest BCUT2D eigenvalue weighted by Crippen LogP contribution is 2.35. The molecule has 1 saturated heterocycles. The summed E-state index contributed by atoms with van der Waals surface area (Å²) in [7, 11) is -3.83. The molecule has 2 aromatic rings. The van der Waals surface area contributed by atoms with E-state index >= 15 is 0 Å². The Morgan fingerprint density at radius 1 is 1.26 bits per heavy atom. The Kier molecular flexibility index (Phi) is 3.97. The van der Waals surface area contributed by atoms with Crippen molar-refractivity contribution in [3.63, 3.8) is 0 Å². The van der Waals surface area contributed by atoms with Crippen molar-refractivity contribution in [2.24, 2.45) is 0 Å². The normalized spacial score (nSPS) is 18.9. The van der Waals surface area contributed by atoms with Crippen LogP contribution in [0.15, 0.2) is 33.7 Å². The number of rotatable bonds is 3. The van der Waals surface area contributed by atoms with Gasteiger partial charge in [0.1, 0.15) is 10.7 Å². The molecule has 0 radical (unpaired) electrons. The van der Waals surface area contributed by atoms with Gasteiger partial charge < -0.3 is 4.52 Å². The van der Waals surface area contributed by atoms with Gasteiger partial charge in [0.05, 0.1) is 0 Å². The third-order valence-electron chi connectivity index (χ3n) is 4.35. The molecule has 0 aliphatic carbocycles. The number of hydrogen-bond donors (Lipinski definition) is 0. The van der Waals surface area contributed by atoms with Crippen LogP contribution >= 0.6 is 0 Å². The number of halogens is 1. The summed E-state index contributed by atoms with van der Waals surface area (Å²) < 4.78 is 45.4. The predicted octanol–water partition coefficient (Wildman–Crippen LogP) is 2.26. The molecule has 1 aliphatic heterocycles. The average molecular weight is 339 g/mol. The van der Waals surface area contributed by atoms with Gasteiger partial charge in [-0.2, -0.15) is 9.29 Å². The molecule has 8 heteroatoms. The lowest BCUT2D eigenvalue weighted by Crippen LogP contribution is -2.44. The fourth-order valence-corrected chi connectivity index (χ4v) is 4.29. The molecule has 0 spiro atoms. The third kappa shape index (κ3) is 2.88. The van der Waals surface area contributed by atoms with Gasteiger partial charge >= 0.3 is 0 Å². The average Bonchev–Trinajstić information content (AvgIpc) is 2.95. The van der Waals surface area contributed by atoms with Crippen LogP contribution < -0.4 is 0 Å². The van der Waals surface area contributed by atoms with E-state index in [1.807, 2.05) is 6.92 Å². The molecule has 6 nitrogen and oxygen atoms in total. The molecule has 2 heterocycles. The topological polar surface area (TPSA) is 76.3 Å². The Labute approximate surface area is 134 Å². The van der Waals surface area contributed by atoms with E-state index in [1.54, 1.807) is 6.92 Å². The maximum Gasteiger partial charge on any atom is 0.245 e. The Hall–Kier alpha value is -1.80. The zero-order valence-corrected chi connectivity index (χ0v) is 13.8. The lowest BCUT2D eigenvalue weighted by atomic mass is 9.80. The van der Waals surface area contributed by atoms with Crippen molar-refractivity contribution < 1.29 is 17.3 Å². The van der Waals surface area contributed by atoms with Gasteiger partial charge in [0.15, 0.2) is 5.82 Å². The summed E-state index contributed by atoms with van der Waals surface area (Å²) >= 11 is 0. The summed E-state index contributed by atoms with van der Waals surface area (Å²) in [6, 6.07) is 5.44. The number of piperidine rings is 1. The fraction of sp³-hybridized carbons (Fsp3) is 0.467. The Morgan fingerprint density at radius 3 is 2.48 bits per heavy atom. The van der Waals surface area contributed by atoms with Crippen LogP contribution in [0.1, 0.15) is 31.5 Å². The highest BCUT2D eigenvalue weighted by Gasteiger charge is 2.39. The molecule has 0 amide bonds. The van der Waals surface area contributed by atoms with Gasteiger partial charge in [0.25, 0.3) is 0 Å². The molecule has 0 atom stereocenters. The van der Waals surface area contributed by atoms with Gasteiger partial charge in [0, 0.05) is 25.4 Å². The molecule has 1 aromatic heterocycles. The van der Waals surface area contributed by atoms with Crippen molar-refractivity contribution in [1.29, 1.82) is 0 Å². The molecule has 0 unspecified atom stereocenters. The summed E-state index contributed by atoms with van der Waals surface area (Å²) in [5.41, 5.74) is -0.334. The molecule has 3 rings (SSSR count). The Morgan fingerprint density at radius 2 is 1.91 bits per heavy atom. The largest absolute Gasteiger partial charge is 0.340 e. The molecule has 1 fully saturated rings. The number of benzene rings is 1. The van der Waals surface area contributed by atoms with E-state index in [9.17, 15) is 12.8 Å². The second-order valence-electron chi connectivity index (χ2n) is 6.03. The number of aryl methyl sites for hydroxylation is 1. The van der Waals surface area contributed by atoms with Crippen LogP contribution in [0.25, 0.3) is 0 Å². The van der Waals surface area contributed by atoms with Crippen molar-refractivity contribution in [3.8, 4) is 0 Å². The van der Waals surface area contributed by atoms with Crippen molar-refractivity contribution >= 4 is 10.0 Å². The monoisotopic (exact) mass is 339 g/mol. The summed E-state index contributed by atoms with van der Waals surface area (Å²) in [4.78, 5) is 3.98. The Bertz CT molecular complexity index is 811. The van der Waals surface area contributed by atoms with Crippen molar-refractivity contribution in [1.82, 2.24) is 14.4 Å². The van der Waals surface area contributed by atoms with Gasteiger partial charge in [-0.1, -0.05) is 24.2 Å². The predicted molar refractivity (Wildman–Crippen MR) is 80.8 cm³/mol. The van der Waals surface area contributed by atoms with Crippen LogP contribution in [-0.4, -0.2) is 36.0 Å². The molecule has 124 valence electrons. The summed E-state index contributed by atoms with van der Waals surface area (Å²) in [6.07, 6.45) is 1.11. The summed E-state index contributed by atoms with van der Waals surface area (Å²) in [5, 5.41) is 3.96. The maximum absolute atomic E-state index is 13.8. The van der Waals surface area contributed by atoms with Crippen LogP contribution in [0, 0.1) is 12.7 Å². The second kappa shape index (κ2) is 5.68. The van der Waals surface area contributed by atoms with E-state index in [-0.39, 0.29) is 10.3 Å². The zero-order chi connectivity index (χ0) is 16.7. The second-order valence-corrected chi connectivity index (χ2v) is 7.94. The highest BCUT2D eigenvalue weighted by atomic mass is 32.2. The molecular formula is C15H18FN3O3S. The summed E-state index contributed by atoms with van der Waals surface area (Å²) in [5.74, 6) is 0.357. The van der Waals surface area contributed by atoms with Crippen LogP contribution in [0.2, 0.25) is 0 Å². The quantitative estimate of drug-likeness (QED) is 0.857. The standard InChI is InChI=1S/C15H18FN3O3S/c1-11-17-14(18-22-11)15(2)7-9-19(10-8-15)23(20,21)13-6-4-3-5-12(13)16/h3-6H,7-10H2,1-2H3. The molecule has 23 heavy (non-hydrogen) atoms. The number of nitrogens with zero attached hydrogens (tertiary/aromatic N) is 3. The lowest BCUT2D eigenvalue weighted by molar-refractivity contribution is 0.233. The van der Waals surface area contributed by atoms with E-state index in [0.717, 1.165) is 6.07 Å². The van der Waals surface area contributed by atoms with Crippen LogP contribution in [-0.2, 0) is 15.4 Å². The first-order valence-electron chi connectivity index (χ1n) is 7.38. The maximum atomic E-state index is 13.8. The number of sulfonamides is 1. The number of aromatic nitrogens is 2. The Balaban J connectivity index is 1.80. The van der Waals surface area contributed by atoms with Crippen molar-refractivity contribution in [2.75, 3.05) is 13.1 Å². The van der Waals surface area contributed by atoms with Gasteiger partial charge in [-0.15, -0.1) is 0 Å². The first-order chi connectivity index (χ1) is 10.8. The van der Waals surface area contributed by atoms with E-state index < -0.39 is 15.8 Å². The van der Waals surface area contributed by atoms with Crippen LogP contribution in [0.5, 0.6) is 0 Å². The van der Waals surface area contributed by atoms with Gasteiger partial charge in [0.2, 0.25) is 15.9 Å². The van der Waals surface area contributed by atoms with Crippen LogP contribution in [0.4, 0.5) is 4.39 Å². The minimum Gasteiger partial charge on any atom is -0.340 e. The minimum atomic E-state index is -3.83. The first-order valence-corrected chi connectivity index (χ1v) is 8.82. The molecule has 0 bridgehead atoms. The summed E-state index contributed by atoms with van der Waals surface area (Å²) in [6.45, 7) is 4.30. The molecule has 1 aliphatic rings. The molecule has 0 saturated carbocycles. The van der Waals surface area contributed by atoms with Gasteiger partial charge in [-0.3, -0.25) is 0 Å². The van der Waals surface area contributed by atoms with E-state index in [1.165, 1.54) is 22.5 Å². The fourth-order valence-electron chi connectivity index (χ4n) is 2.78. The molecule has 1 aromatic carbocycles. The van der Waals surface area contributed by atoms with E-state index in [0.29, 0.717) is 37.6 Å². The lowest BCUT2D eigenvalue weighted by Gasteiger charge is -2.36. The number of hydrogen-bond acceptors (Lipinski definition) is 5. The van der Waals surface area contributed by atoms with Gasteiger partial charge in [-0.25, -0.2) is 12.8 Å². The highest BCUT2D eigenvalue weighted by molar-refractivity contribution is 7.89. The van der Waals surface area contributed by atoms with Crippen molar-refractivity contribution in [3.05, 3.63) is 41.8 Å². The minimum absolute atomic E-state index is 0.279. The molecule has 0 N–H and O–H groups in total. The SMILES string of the molecule is Cc1nc(C2(C)CCN(S(=O)(=O)c3ccccc3F)CC2)no1. The third-order valence-corrected chi connectivity index (χ3v) is 6.28. The van der Waals surface area contributed by atoms with Crippen LogP contribution in [0.3, 0.4) is 0 Å². The van der Waals surface area contributed by atoms with Crippen molar-refractivity contribution in [2.45, 2.75) is 37.0 Å². The zero-order valence-electron chi connectivity index (χ0n) is 13.0. The smallest absolute Gasteiger partial charge is 0.245 e. The van der Waals surface area contributed by atoms with Gasteiger partial charge in [-0.05, 0) is 25.0 Å². The van der Waals surface area contributed by atoms with E-state index in [2.05, 4.69) is 10.1 Å².